The van der Waals surface area contributed by atoms with Crippen LogP contribution in [0.3, 0.4) is 0 Å². The molecular formula is C96H96N8O20. The molecule has 8 aromatic carbocycles. The molecule has 4 aromatic heterocycles. The number of benzene rings is 8. The highest BCUT2D eigenvalue weighted by Gasteiger charge is 2.83. The van der Waals surface area contributed by atoms with Gasteiger partial charge in [-0.2, -0.15) is 0 Å². The molecule has 4 saturated carbocycles. The number of fused-ring (bicyclic) bond motifs is 4. The highest BCUT2D eigenvalue weighted by molar-refractivity contribution is 6.20. The largest absolute Gasteiger partial charge is 0.465 e. The predicted octanol–water partition coefficient (Wildman–Crippen LogP) is 13.1. The van der Waals surface area contributed by atoms with Crippen LogP contribution in [0.25, 0.3) is 43.1 Å². The maximum atomic E-state index is 13.5. The zero-order valence-corrected chi connectivity index (χ0v) is 70.8. The van der Waals surface area contributed by atoms with Crippen molar-refractivity contribution in [2.24, 2.45) is 73.5 Å². The Kier molecular flexibility index (Phi) is 26.1. The number of nitrogens with zero attached hydrogens (tertiary/aromatic N) is 8. The van der Waals surface area contributed by atoms with Crippen molar-refractivity contribution < 1.29 is 95.4 Å². The Morgan fingerprint density at radius 3 is 0.565 bits per heavy atom. The fourth-order valence-corrected chi connectivity index (χ4v) is 18.1. The minimum absolute atomic E-state index is 0.0889. The van der Waals surface area contributed by atoms with Gasteiger partial charge in [0, 0.05) is 101 Å². The average molecular weight is 1680 g/mol. The van der Waals surface area contributed by atoms with E-state index in [2.05, 4.69) is 19.9 Å². The SMILES string of the molecule is CCOC(=O)C1(C(=O)OCC)[C@H](C(=O)c2nccn2C)[C@H]1c1cccc2ccccc12.CCOC(=O)C1(C(=O)OCC)[C@H](C(=O)c2nccn2C)[C@H]1c1cccc2ccccc12.CCOC(=O)C1(C(=O)OCC)[C@H](C(=O)c2nccn2C)[C@H]1c1cccc2ccccc12.CCOC(=O)C1(C(=O)OCC)[C@H](C(=O)c2nccn2C)[C@H]1c1cccc2ccccc12. The van der Waals surface area contributed by atoms with Crippen molar-refractivity contribution in [2.45, 2.75) is 79.1 Å². The van der Waals surface area contributed by atoms with Gasteiger partial charge in [0.15, 0.2) is 45.0 Å². The summed E-state index contributed by atoms with van der Waals surface area (Å²) in [4.78, 5) is 177. The van der Waals surface area contributed by atoms with Gasteiger partial charge in [-0.1, -0.05) is 170 Å². The number of hydrogen-bond acceptors (Lipinski definition) is 24. The van der Waals surface area contributed by atoms with Crippen molar-refractivity contribution in [3.63, 3.8) is 0 Å². The molecule has 16 rings (SSSR count). The topological polar surface area (TPSA) is 350 Å². The second-order valence-corrected chi connectivity index (χ2v) is 30.2. The zero-order chi connectivity index (χ0) is 88.7. The molecule has 0 amide bonds. The van der Waals surface area contributed by atoms with E-state index in [-0.39, 0.29) is 99.3 Å². The summed E-state index contributed by atoms with van der Waals surface area (Å²) in [5, 5.41) is 7.33. The van der Waals surface area contributed by atoms with Gasteiger partial charge in [0.05, 0.1) is 76.5 Å². The summed E-state index contributed by atoms with van der Waals surface area (Å²) in [7, 11) is 6.80. The summed E-state index contributed by atoms with van der Waals surface area (Å²) >= 11 is 0. The lowest BCUT2D eigenvalue weighted by molar-refractivity contribution is -0.166. The lowest BCUT2D eigenvalue weighted by atomic mass is 9.94. The molecule has 124 heavy (non-hydrogen) atoms. The van der Waals surface area contributed by atoms with Crippen LogP contribution >= 0.6 is 0 Å². The molecular weight excluding hydrogens is 1590 g/mol. The Balaban J connectivity index is 0.000000142. The lowest BCUT2D eigenvalue weighted by Crippen LogP contribution is -2.34. The van der Waals surface area contributed by atoms with Crippen molar-refractivity contribution in [3.8, 4) is 0 Å². The summed E-state index contributed by atoms with van der Waals surface area (Å²) in [6.07, 6.45) is 12.7. The van der Waals surface area contributed by atoms with Crippen LogP contribution in [0, 0.1) is 45.3 Å². The smallest absolute Gasteiger partial charge is 0.324 e. The third-order valence-corrected chi connectivity index (χ3v) is 23.7. The Morgan fingerprint density at radius 2 is 0.411 bits per heavy atom. The van der Waals surface area contributed by atoms with Crippen LogP contribution in [0.5, 0.6) is 0 Å². The van der Waals surface area contributed by atoms with Gasteiger partial charge in [-0.15, -0.1) is 0 Å². The van der Waals surface area contributed by atoms with Gasteiger partial charge in [0.25, 0.3) is 0 Å². The number of aryl methyl sites for hydroxylation is 4. The van der Waals surface area contributed by atoms with E-state index in [1.54, 1.807) is 127 Å². The van der Waals surface area contributed by atoms with Crippen molar-refractivity contribution >= 4 is 114 Å². The van der Waals surface area contributed by atoms with Gasteiger partial charge in [0.1, 0.15) is 0 Å². The molecule has 12 aromatic rings. The first-order valence-corrected chi connectivity index (χ1v) is 41.3. The van der Waals surface area contributed by atoms with Gasteiger partial charge in [-0.05, 0) is 121 Å². The fraction of sp³-hybridized carbons (Fsp3) is 0.333. The van der Waals surface area contributed by atoms with Crippen LogP contribution in [0.2, 0.25) is 0 Å². The first-order chi connectivity index (χ1) is 59.9. The van der Waals surface area contributed by atoms with E-state index in [9.17, 15) is 57.5 Å². The van der Waals surface area contributed by atoms with E-state index >= 15 is 0 Å². The van der Waals surface area contributed by atoms with Crippen LogP contribution in [0.1, 0.15) is 144 Å². The van der Waals surface area contributed by atoms with Gasteiger partial charge in [-0.3, -0.25) is 57.5 Å². The quantitative estimate of drug-likeness (QED) is 0.0190. The van der Waals surface area contributed by atoms with E-state index in [1.165, 1.54) is 24.8 Å². The average Bonchev–Trinajstić information content (AvgIpc) is 1.53. The molecule has 28 heteroatoms. The second-order valence-electron chi connectivity index (χ2n) is 30.2. The molecule has 640 valence electrons. The van der Waals surface area contributed by atoms with Crippen molar-refractivity contribution in [2.75, 3.05) is 52.9 Å². The maximum Gasteiger partial charge on any atom is 0.324 e. The Morgan fingerprint density at radius 1 is 0.250 bits per heavy atom. The Hall–Kier alpha value is -13.9. The molecule has 0 spiro atoms. The molecule has 28 nitrogen and oxygen atoms in total. The van der Waals surface area contributed by atoms with Crippen molar-refractivity contribution in [3.05, 3.63) is 265 Å². The number of imidazole rings is 4. The number of ketones is 4. The van der Waals surface area contributed by atoms with E-state index in [0.29, 0.717) is 0 Å². The van der Waals surface area contributed by atoms with Crippen LogP contribution in [0.15, 0.2) is 219 Å². The number of aromatic nitrogens is 8. The number of esters is 8. The monoisotopic (exact) mass is 1680 g/mol. The van der Waals surface area contributed by atoms with E-state index < -0.39 is 117 Å². The highest BCUT2D eigenvalue weighted by atomic mass is 16.6. The van der Waals surface area contributed by atoms with Crippen LogP contribution in [-0.2, 0) is 104 Å². The van der Waals surface area contributed by atoms with E-state index in [0.717, 1.165) is 65.3 Å². The van der Waals surface area contributed by atoms with Gasteiger partial charge in [-0.25, -0.2) is 19.9 Å². The molecule has 0 aliphatic heterocycles. The van der Waals surface area contributed by atoms with Crippen molar-refractivity contribution in [1.82, 2.24) is 38.2 Å². The third kappa shape index (κ3) is 15.1. The molecule has 0 N–H and O–H groups in total. The van der Waals surface area contributed by atoms with Crippen LogP contribution in [0.4, 0.5) is 0 Å². The number of hydrogen-bond donors (Lipinski definition) is 0. The maximum absolute atomic E-state index is 13.5. The zero-order valence-electron chi connectivity index (χ0n) is 70.8. The van der Waals surface area contributed by atoms with Gasteiger partial charge >= 0.3 is 47.8 Å². The first kappa shape index (κ1) is 87.9. The molecule has 0 unspecified atom stereocenters. The summed E-state index contributed by atoms with van der Waals surface area (Å²) < 4.78 is 48.8. The molecule has 4 aliphatic rings. The number of Topliss-reactive ketones (excluding diaryl/α,β-unsaturated/α-hetero) is 4. The van der Waals surface area contributed by atoms with Gasteiger partial charge in [0.2, 0.25) is 23.1 Å². The summed E-state index contributed by atoms with van der Waals surface area (Å²) in [6, 6.07) is 53.4. The fourth-order valence-electron chi connectivity index (χ4n) is 18.1. The Labute approximate surface area is 714 Å². The second kappa shape index (κ2) is 36.8. The normalized spacial score (nSPS) is 19.1. The van der Waals surface area contributed by atoms with Crippen molar-refractivity contribution in [1.29, 1.82) is 0 Å². The predicted molar refractivity (Wildman–Crippen MR) is 454 cm³/mol. The number of carbonyl (C=O) groups is 12. The standard InChI is InChI=1S/4C24H24N2O5/c4*1-4-30-22(28)24(23(29)31-5-2)18(19(24)20(27)21-25-13-14-26(21)3)17-12-8-10-15-9-6-7-11-16(15)17/h4*6-14,18-19H,4-5H2,1-3H3/t4*18-,19+/m1111/s1. The highest BCUT2D eigenvalue weighted by Crippen LogP contribution is 2.72. The Bertz CT molecular complexity index is 5300. The molecule has 4 fully saturated rings. The number of rotatable bonds is 28. The molecule has 0 radical (unpaired) electrons. The molecule has 8 atom stereocenters. The van der Waals surface area contributed by atoms with Crippen LogP contribution < -0.4 is 0 Å². The van der Waals surface area contributed by atoms with E-state index in [4.69, 9.17) is 37.9 Å². The van der Waals surface area contributed by atoms with E-state index in [1.807, 2.05) is 170 Å². The molecule has 0 saturated heterocycles. The van der Waals surface area contributed by atoms with Gasteiger partial charge < -0.3 is 56.2 Å². The third-order valence-electron chi connectivity index (χ3n) is 23.7. The number of carbonyl (C=O) groups excluding carboxylic acids is 12. The first-order valence-electron chi connectivity index (χ1n) is 41.3. The number of ether oxygens (including phenoxy) is 8. The summed E-state index contributed by atoms with van der Waals surface area (Å²) in [5.41, 5.74) is -3.98. The summed E-state index contributed by atoms with van der Waals surface area (Å²) in [5.74, 6) is -13.4. The van der Waals surface area contributed by atoms with Crippen LogP contribution in [-0.4, -0.2) is 162 Å². The molecule has 4 aliphatic carbocycles. The minimum atomic E-state index is -1.74. The summed E-state index contributed by atoms with van der Waals surface area (Å²) in [6.45, 7) is 14.1. The lowest BCUT2D eigenvalue weighted by Gasteiger charge is -2.16. The molecule has 0 bridgehead atoms. The minimum Gasteiger partial charge on any atom is -0.465 e. The molecule has 4 heterocycles.